The van der Waals surface area contributed by atoms with Crippen LogP contribution in [0.25, 0.3) is 0 Å². The van der Waals surface area contributed by atoms with Gasteiger partial charge in [-0.25, -0.2) is 4.79 Å². The van der Waals surface area contributed by atoms with Gasteiger partial charge in [0, 0.05) is 19.7 Å². The highest BCUT2D eigenvalue weighted by atomic mass is 16.7. The van der Waals surface area contributed by atoms with Gasteiger partial charge in [0.05, 0.1) is 0 Å². The molecule has 0 saturated heterocycles. The minimum absolute atomic E-state index is 0.263. The molecule has 76 valence electrons. The van der Waals surface area contributed by atoms with Crippen LogP contribution in [0.4, 0.5) is 0 Å². The summed E-state index contributed by atoms with van der Waals surface area (Å²) >= 11 is 0. The second kappa shape index (κ2) is 6.66. The zero-order valence-electron chi connectivity index (χ0n) is 8.96. The van der Waals surface area contributed by atoms with Gasteiger partial charge in [-0.05, 0) is 13.3 Å². The lowest BCUT2D eigenvalue weighted by molar-refractivity contribution is -0.172. The summed E-state index contributed by atoms with van der Waals surface area (Å²) in [6.07, 6.45) is 5.14. The Morgan fingerprint density at radius 3 is 2.54 bits per heavy atom. The van der Waals surface area contributed by atoms with E-state index in [1.807, 2.05) is 6.08 Å². The van der Waals surface area contributed by atoms with Crippen molar-refractivity contribution in [1.29, 1.82) is 0 Å². The van der Waals surface area contributed by atoms with E-state index in [2.05, 4.69) is 6.92 Å². The van der Waals surface area contributed by atoms with Crippen LogP contribution in [0.15, 0.2) is 11.6 Å². The first-order chi connectivity index (χ1) is 6.07. The van der Waals surface area contributed by atoms with E-state index in [0.717, 1.165) is 19.3 Å². The van der Waals surface area contributed by atoms with Gasteiger partial charge < -0.3 is 4.84 Å². The van der Waals surface area contributed by atoms with Crippen LogP contribution in [0, 0.1) is 0 Å². The number of hydrogen-bond donors (Lipinski definition) is 0. The quantitative estimate of drug-likeness (QED) is 0.373. The molecule has 3 heteroatoms. The summed E-state index contributed by atoms with van der Waals surface area (Å²) in [4.78, 5) is 16.1. The fourth-order valence-corrected chi connectivity index (χ4v) is 0.844. The molecule has 0 aliphatic carbocycles. The van der Waals surface area contributed by atoms with E-state index < -0.39 is 0 Å². The predicted octanol–water partition coefficient (Wildman–Crippen LogP) is 2.14. The van der Waals surface area contributed by atoms with Crippen LogP contribution in [-0.2, 0) is 9.63 Å². The Hall–Kier alpha value is -0.830. The first-order valence-corrected chi connectivity index (χ1v) is 4.64. The van der Waals surface area contributed by atoms with Crippen LogP contribution in [0.1, 0.15) is 33.1 Å². The van der Waals surface area contributed by atoms with Gasteiger partial charge in [0.25, 0.3) is 0 Å². The van der Waals surface area contributed by atoms with Gasteiger partial charge in [-0.2, -0.15) is 0 Å². The molecule has 0 aromatic rings. The third-order valence-corrected chi connectivity index (χ3v) is 1.60. The Labute approximate surface area is 80.3 Å². The minimum Gasteiger partial charge on any atom is -0.365 e. The molecule has 0 heterocycles. The molecule has 0 aliphatic rings. The van der Waals surface area contributed by atoms with Crippen molar-refractivity contribution in [2.45, 2.75) is 33.1 Å². The largest absolute Gasteiger partial charge is 0.365 e. The van der Waals surface area contributed by atoms with E-state index in [4.69, 9.17) is 4.84 Å². The number of nitrogens with zero attached hydrogens (tertiary/aromatic N) is 1. The number of allylic oxidation sites excluding steroid dienone is 1. The second-order valence-electron chi connectivity index (χ2n) is 3.22. The van der Waals surface area contributed by atoms with Crippen molar-refractivity contribution >= 4 is 5.97 Å². The summed E-state index contributed by atoms with van der Waals surface area (Å²) in [6.45, 7) is 3.91. The summed E-state index contributed by atoms with van der Waals surface area (Å²) < 4.78 is 0. The third-order valence-electron chi connectivity index (χ3n) is 1.60. The Bertz CT molecular complexity index is 185. The molecule has 0 atom stereocenters. The third kappa shape index (κ3) is 6.34. The highest BCUT2D eigenvalue weighted by molar-refractivity contribution is 5.87. The molecule has 0 radical (unpaired) electrons. The van der Waals surface area contributed by atoms with E-state index in [1.54, 1.807) is 21.0 Å². The van der Waals surface area contributed by atoms with E-state index in [0.29, 0.717) is 5.57 Å². The zero-order valence-corrected chi connectivity index (χ0v) is 8.96. The average molecular weight is 185 g/mol. The summed E-state index contributed by atoms with van der Waals surface area (Å²) in [6, 6.07) is 0. The minimum atomic E-state index is -0.263. The SMILES string of the molecule is CCCC/C=C(\C)C(=O)ON(C)C. The van der Waals surface area contributed by atoms with Crippen LogP contribution >= 0.6 is 0 Å². The Balaban J connectivity index is 3.86. The number of unbranched alkanes of at least 4 members (excludes halogenated alkanes) is 2. The van der Waals surface area contributed by atoms with Crippen LogP contribution in [0.2, 0.25) is 0 Å². The number of carbonyl (C=O) groups excluding carboxylic acids is 1. The van der Waals surface area contributed by atoms with Crippen molar-refractivity contribution in [1.82, 2.24) is 5.06 Å². The van der Waals surface area contributed by atoms with Crippen LogP contribution in [-0.4, -0.2) is 25.1 Å². The maximum absolute atomic E-state index is 11.2. The first kappa shape index (κ1) is 12.2. The molecule has 0 bridgehead atoms. The normalized spacial score (nSPS) is 11.9. The van der Waals surface area contributed by atoms with Gasteiger partial charge in [-0.3, -0.25) is 0 Å². The van der Waals surface area contributed by atoms with E-state index in [-0.39, 0.29) is 5.97 Å². The maximum atomic E-state index is 11.2. The lowest BCUT2D eigenvalue weighted by Gasteiger charge is -2.09. The first-order valence-electron chi connectivity index (χ1n) is 4.64. The number of hydrogen-bond acceptors (Lipinski definition) is 3. The monoisotopic (exact) mass is 185 g/mol. The molecule has 0 aromatic carbocycles. The highest BCUT2D eigenvalue weighted by Gasteiger charge is 2.05. The van der Waals surface area contributed by atoms with Crippen molar-refractivity contribution < 1.29 is 9.63 Å². The van der Waals surface area contributed by atoms with Crippen molar-refractivity contribution in [2.75, 3.05) is 14.1 Å². The second-order valence-corrected chi connectivity index (χ2v) is 3.22. The number of hydroxylamine groups is 2. The molecule has 0 aromatic heterocycles. The number of carbonyl (C=O) groups is 1. The van der Waals surface area contributed by atoms with Crippen LogP contribution in [0.5, 0.6) is 0 Å². The molecular formula is C10H19NO2. The zero-order chi connectivity index (χ0) is 10.3. The van der Waals surface area contributed by atoms with Crippen LogP contribution < -0.4 is 0 Å². The maximum Gasteiger partial charge on any atom is 0.352 e. The molecule has 0 saturated carbocycles. The fourth-order valence-electron chi connectivity index (χ4n) is 0.844. The van der Waals surface area contributed by atoms with E-state index >= 15 is 0 Å². The topological polar surface area (TPSA) is 29.5 Å². The molecule has 0 rings (SSSR count). The van der Waals surface area contributed by atoms with Gasteiger partial charge in [-0.15, -0.1) is 5.06 Å². The van der Waals surface area contributed by atoms with Crippen molar-refractivity contribution in [2.24, 2.45) is 0 Å². The Morgan fingerprint density at radius 2 is 2.08 bits per heavy atom. The smallest absolute Gasteiger partial charge is 0.352 e. The lowest BCUT2D eigenvalue weighted by Crippen LogP contribution is -2.19. The molecule has 0 aliphatic heterocycles. The van der Waals surface area contributed by atoms with Crippen molar-refractivity contribution in [3.05, 3.63) is 11.6 Å². The fraction of sp³-hybridized carbons (Fsp3) is 0.700. The summed E-state index contributed by atoms with van der Waals surface area (Å²) in [5.74, 6) is -0.263. The molecule has 0 N–H and O–H groups in total. The predicted molar refractivity (Wildman–Crippen MR) is 53.1 cm³/mol. The van der Waals surface area contributed by atoms with E-state index in [9.17, 15) is 4.79 Å². The van der Waals surface area contributed by atoms with Gasteiger partial charge in [0.15, 0.2) is 0 Å². The molecule has 0 fully saturated rings. The molecule has 0 spiro atoms. The molecule has 3 nitrogen and oxygen atoms in total. The number of rotatable bonds is 5. The van der Waals surface area contributed by atoms with Crippen molar-refractivity contribution in [3.8, 4) is 0 Å². The van der Waals surface area contributed by atoms with Gasteiger partial charge in [0.1, 0.15) is 0 Å². The van der Waals surface area contributed by atoms with E-state index in [1.165, 1.54) is 5.06 Å². The molecule has 0 unspecified atom stereocenters. The van der Waals surface area contributed by atoms with Crippen LogP contribution in [0.3, 0.4) is 0 Å². The average Bonchev–Trinajstić information content (AvgIpc) is 2.03. The Morgan fingerprint density at radius 1 is 1.46 bits per heavy atom. The van der Waals surface area contributed by atoms with Gasteiger partial charge in [0.2, 0.25) is 0 Å². The van der Waals surface area contributed by atoms with Gasteiger partial charge in [-0.1, -0.05) is 25.8 Å². The lowest BCUT2D eigenvalue weighted by atomic mass is 10.2. The van der Waals surface area contributed by atoms with Crippen molar-refractivity contribution in [3.63, 3.8) is 0 Å². The highest BCUT2D eigenvalue weighted by Crippen LogP contribution is 2.03. The van der Waals surface area contributed by atoms with Gasteiger partial charge >= 0.3 is 5.97 Å². The Kier molecular flexibility index (Phi) is 6.24. The standard InChI is InChI=1S/C10H19NO2/c1-5-6-7-8-9(2)10(12)13-11(3)4/h8H,5-7H2,1-4H3/b9-8+. The molecular weight excluding hydrogens is 166 g/mol. The molecule has 0 amide bonds. The summed E-state index contributed by atoms with van der Waals surface area (Å²) in [5, 5.41) is 1.40. The molecule has 13 heavy (non-hydrogen) atoms. The summed E-state index contributed by atoms with van der Waals surface area (Å²) in [7, 11) is 3.38. The summed E-state index contributed by atoms with van der Waals surface area (Å²) in [5.41, 5.74) is 0.683.